The zero-order chi connectivity index (χ0) is 27.0. The number of aryl methyl sites for hydroxylation is 2. The predicted molar refractivity (Wildman–Crippen MR) is 145 cm³/mol. The molecule has 0 fully saturated rings. The van der Waals surface area contributed by atoms with Crippen molar-refractivity contribution >= 4 is 5.97 Å². The molecule has 5 heteroatoms. The van der Waals surface area contributed by atoms with Gasteiger partial charge in [0.15, 0.2) is 0 Å². The van der Waals surface area contributed by atoms with E-state index in [9.17, 15) is 4.79 Å². The molecule has 0 atom stereocenters. The Hall–Kier alpha value is -3.99. The highest BCUT2D eigenvalue weighted by atomic mass is 16.5. The standard InChI is InChI=1S/C12H14O3.C10H14.C8H10O2/c1-8-4-6-11(7-5-8)15-10(3)9(2)12(13)14;1-5-7-8-10(6-2)9(3)4;1-2-6-5-7(9)3-4-8(6)10/h4-7H,1-3H3,(H,13,14);5-8H,1,3H2,2,4H3;3-5,9-10H,2H2,1H3/b10-9-;8-7-,10-6+;. The molecule has 0 spiro atoms. The molecule has 0 aliphatic carbocycles. The third-order valence-corrected chi connectivity index (χ3v) is 4.80. The summed E-state index contributed by atoms with van der Waals surface area (Å²) in [5, 5.41) is 26.8. The minimum atomic E-state index is -0.959. The average molecular weight is 479 g/mol. The molecule has 2 aromatic carbocycles. The Morgan fingerprint density at radius 3 is 2.09 bits per heavy atom. The Morgan fingerprint density at radius 2 is 1.66 bits per heavy atom. The van der Waals surface area contributed by atoms with Gasteiger partial charge in [-0.25, -0.2) is 4.79 Å². The topological polar surface area (TPSA) is 87.0 Å². The first-order valence-corrected chi connectivity index (χ1v) is 11.2. The summed E-state index contributed by atoms with van der Waals surface area (Å²) in [5.74, 6) is 0.555. The molecular weight excluding hydrogens is 440 g/mol. The predicted octanol–water partition coefficient (Wildman–Crippen LogP) is 7.66. The highest BCUT2D eigenvalue weighted by Crippen LogP contribution is 2.21. The Morgan fingerprint density at radius 1 is 1.06 bits per heavy atom. The third kappa shape index (κ3) is 12.7. The van der Waals surface area contributed by atoms with Gasteiger partial charge in [-0.2, -0.15) is 0 Å². The minimum absolute atomic E-state index is 0.203. The first-order valence-electron chi connectivity index (χ1n) is 11.2. The van der Waals surface area contributed by atoms with Gasteiger partial charge in [0.25, 0.3) is 0 Å². The number of aliphatic carboxylic acids is 1. The van der Waals surface area contributed by atoms with Crippen molar-refractivity contribution in [1.29, 1.82) is 0 Å². The van der Waals surface area contributed by atoms with E-state index in [-0.39, 0.29) is 17.1 Å². The molecule has 0 saturated heterocycles. The summed E-state index contributed by atoms with van der Waals surface area (Å²) in [4.78, 5) is 10.6. The van der Waals surface area contributed by atoms with Crippen molar-refractivity contribution in [2.75, 3.05) is 0 Å². The zero-order valence-corrected chi connectivity index (χ0v) is 21.6. The van der Waals surface area contributed by atoms with E-state index in [1.807, 2.05) is 70.2 Å². The smallest absolute Gasteiger partial charge is 0.334 e. The molecule has 0 saturated carbocycles. The van der Waals surface area contributed by atoms with E-state index in [2.05, 4.69) is 13.2 Å². The zero-order valence-electron chi connectivity index (χ0n) is 21.6. The summed E-state index contributed by atoms with van der Waals surface area (Å²) in [7, 11) is 0. The molecule has 0 amide bonds. The summed E-state index contributed by atoms with van der Waals surface area (Å²) in [6.07, 6.45) is 8.42. The van der Waals surface area contributed by atoms with E-state index in [1.165, 1.54) is 24.6 Å². The van der Waals surface area contributed by atoms with Gasteiger partial charge in [0.2, 0.25) is 0 Å². The van der Waals surface area contributed by atoms with Crippen molar-refractivity contribution in [2.24, 2.45) is 0 Å². The van der Waals surface area contributed by atoms with Crippen LogP contribution in [-0.4, -0.2) is 21.3 Å². The van der Waals surface area contributed by atoms with Crippen molar-refractivity contribution in [3.63, 3.8) is 0 Å². The second-order valence-corrected chi connectivity index (χ2v) is 7.69. The van der Waals surface area contributed by atoms with E-state index < -0.39 is 5.97 Å². The number of hydrogen-bond donors (Lipinski definition) is 3. The largest absolute Gasteiger partial charge is 0.508 e. The molecule has 0 aliphatic rings. The highest BCUT2D eigenvalue weighted by Gasteiger charge is 2.06. The van der Waals surface area contributed by atoms with Crippen LogP contribution < -0.4 is 4.74 Å². The molecule has 35 heavy (non-hydrogen) atoms. The number of carboxylic acids is 1. The summed E-state index contributed by atoms with van der Waals surface area (Å²) >= 11 is 0. The number of phenolic OH excluding ortho intramolecular Hbond substituents is 2. The van der Waals surface area contributed by atoms with Gasteiger partial charge >= 0.3 is 5.97 Å². The third-order valence-electron chi connectivity index (χ3n) is 4.80. The molecular formula is C30H38O5. The maximum Gasteiger partial charge on any atom is 0.334 e. The number of aromatic hydroxyl groups is 2. The Labute approximate surface area is 209 Å². The molecule has 2 aromatic rings. The molecule has 2 rings (SSSR count). The first-order chi connectivity index (χ1) is 16.5. The molecule has 0 unspecified atom stereocenters. The Bertz CT molecular complexity index is 1070. The van der Waals surface area contributed by atoms with Crippen molar-refractivity contribution < 1.29 is 24.9 Å². The molecule has 3 N–H and O–H groups in total. The van der Waals surface area contributed by atoms with Crippen molar-refractivity contribution in [1.82, 2.24) is 0 Å². The lowest BCUT2D eigenvalue weighted by Crippen LogP contribution is -2.03. The molecule has 0 bridgehead atoms. The fourth-order valence-electron chi connectivity index (χ4n) is 2.52. The van der Waals surface area contributed by atoms with Crippen LogP contribution in [0.25, 0.3) is 0 Å². The van der Waals surface area contributed by atoms with Gasteiger partial charge in [-0.05, 0) is 82.5 Å². The monoisotopic (exact) mass is 478 g/mol. The lowest BCUT2D eigenvalue weighted by molar-refractivity contribution is -0.132. The minimum Gasteiger partial charge on any atom is -0.508 e. The number of ether oxygens (including phenoxy) is 1. The lowest BCUT2D eigenvalue weighted by Gasteiger charge is -2.07. The van der Waals surface area contributed by atoms with Gasteiger partial charge < -0.3 is 20.1 Å². The summed E-state index contributed by atoms with van der Waals surface area (Å²) in [6, 6.07) is 12.0. The molecule has 0 heterocycles. The number of carbonyl (C=O) groups is 1. The van der Waals surface area contributed by atoms with Crippen molar-refractivity contribution in [3.8, 4) is 17.2 Å². The lowest BCUT2D eigenvalue weighted by atomic mass is 10.1. The Kier molecular flexibility index (Phi) is 14.7. The van der Waals surface area contributed by atoms with Crippen molar-refractivity contribution in [3.05, 3.63) is 114 Å². The first kappa shape index (κ1) is 31.0. The van der Waals surface area contributed by atoms with E-state index >= 15 is 0 Å². The van der Waals surface area contributed by atoms with Crippen LogP contribution >= 0.6 is 0 Å². The second kappa shape index (κ2) is 16.6. The Balaban J connectivity index is 0.000000513. The molecule has 0 radical (unpaired) electrons. The maximum absolute atomic E-state index is 10.6. The SMILES string of the molecule is C/C(Oc1ccc(C)cc1)=C(\C)C(=O)O.C=C/C=C\C(=C/C)C(=C)C.CCc1cc(O)ccc1O. The number of allylic oxidation sites excluding steroid dienone is 7. The van der Waals surface area contributed by atoms with Gasteiger partial charge in [0.1, 0.15) is 23.0 Å². The van der Waals surface area contributed by atoms with E-state index in [1.54, 1.807) is 19.1 Å². The average Bonchev–Trinajstić information content (AvgIpc) is 2.82. The number of phenols is 2. The summed E-state index contributed by atoms with van der Waals surface area (Å²) < 4.78 is 5.39. The molecule has 188 valence electrons. The van der Waals surface area contributed by atoms with Crippen LogP contribution in [0.5, 0.6) is 17.2 Å². The molecule has 0 aliphatic heterocycles. The van der Waals surface area contributed by atoms with Gasteiger partial charge in [0, 0.05) is 0 Å². The van der Waals surface area contributed by atoms with Crippen LogP contribution in [0.15, 0.2) is 102 Å². The number of rotatable bonds is 7. The number of hydrogen-bond acceptors (Lipinski definition) is 4. The summed E-state index contributed by atoms with van der Waals surface area (Å²) in [5.41, 5.74) is 4.38. The summed E-state index contributed by atoms with van der Waals surface area (Å²) in [6.45, 7) is 18.5. The molecule has 0 aromatic heterocycles. The normalized spacial score (nSPS) is 11.3. The number of benzene rings is 2. The van der Waals surface area contributed by atoms with E-state index in [4.69, 9.17) is 20.1 Å². The fraction of sp³-hybridized carbons (Fsp3) is 0.233. The highest BCUT2D eigenvalue weighted by molar-refractivity contribution is 5.86. The molecule has 5 nitrogen and oxygen atoms in total. The van der Waals surface area contributed by atoms with Crippen LogP contribution in [0.2, 0.25) is 0 Å². The van der Waals surface area contributed by atoms with Crippen molar-refractivity contribution in [2.45, 2.75) is 48.0 Å². The van der Waals surface area contributed by atoms with Crippen LogP contribution in [0, 0.1) is 6.92 Å². The second-order valence-electron chi connectivity index (χ2n) is 7.69. The van der Waals surface area contributed by atoms with Crippen LogP contribution in [-0.2, 0) is 11.2 Å². The van der Waals surface area contributed by atoms with E-state index in [0.717, 1.165) is 23.1 Å². The quantitative estimate of drug-likeness (QED) is 0.164. The maximum atomic E-state index is 10.6. The van der Waals surface area contributed by atoms with Crippen LogP contribution in [0.1, 0.15) is 45.7 Å². The van der Waals surface area contributed by atoms with Gasteiger partial charge in [0.05, 0.1) is 5.57 Å². The fourth-order valence-corrected chi connectivity index (χ4v) is 2.52. The number of carboxylic acid groups (broad SMARTS) is 1. The van der Waals surface area contributed by atoms with Crippen LogP contribution in [0.3, 0.4) is 0 Å². The van der Waals surface area contributed by atoms with Crippen LogP contribution in [0.4, 0.5) is 0 Å². The van der Waals surface area contributed by atoms with Gasteiger partial charge in [-0.1, -0.05) is 67.7 Å². The van der Waals surface area contributed by atoms with Gasteiger partial charge in [-0.15, -0.1) is 0 Å². The van der Waals surface area contributed by atoms with E-state index in [0.29, 0.717) is 11.5 Å². The van der Waals surface area contributed by atoms with Gasteiger partial charge in [-0.3, -0.25) is 0 Å².